The topological polar surface area (TPSA) is 86.5 Å². The number of non-ortho nitro benzene ring substituents is 1. The molecule has 0 bridgehead atoms. The summed E-state index contributed by atoms with van der Waals surface area (Å²) in [6.45, 7) is -1.70. The summed E-state index contributed by atoms with van der Waals surface area (Å²) in [6.07, 6.45) is -4.66. The summed E-state index contributed by atoms with van der Waals surface area (Å²) in [5.41, 5.74) is -0.691. The van der Waals surface area contributed by atoms with Crippen LogP contribution in [0.15, 0.2) is 58.3 Å². The minimum Gasteiger partial charge on any atom is -0.484 e. The van der Waals surface area contributed by atoms with E-state index in [1.165, 1.54) is 24.3 Å². The van der Waals surface area contributed by atoms with Crippen LogP contribution in [0.2, 0.25) is 0 Å². The van der Waals surface area contributed by atoms with E-state index in [2.05, 4.69) is 4.74 Å². The van der Waals surface area contributed by atoms with Gasteiger partial charge in [0, 0.05) is 6.07 Å². The van der Waals surface area contributed by atoms with Crippen molar-refractivity contribution in [3.63, 3.8) is 0 Å². The highest BCUT2D eigenvalue weighted by atomic mass is 32.2. The van der Waals surface area contributed by atoms with Gasteiger partial charge in [-0.15, -0.1) is 0 Å². The van der Waals surface area contributed by atoms with E-state index in [1.54, 1.807) is 6.07 Å². The van der Waals surface area contributed by atoms with Crippen LogP contribution in [0.25, 0.3) is 0 Å². The average Bonchev–Trinajstić information content (AvgIpc) is 2.53. The van der Waals surface area contributed by atoms with Crippen molar-refractivity contribution >= 4 is 15.5 Å². The maximum atomic E-state index is 12.5. The van der Waals surface area contributed by atoms with Crippen molar-refractivity contribution in [2.45, 2.75) is 16.0 Å². The Bertz CT molecular complexity index is 850. The number of nitro benzene ring substituents is 1. The maximum absolute atomic E-state index is 12.5. The largest absolute Gasteiger partial charge is 0.484 e. The molecule has 0 amide bonds. The highest BCUT2D eigenvalue weighted by Crippen LogP contribution is 2.30. The first-order valence-corrected chi connectivity index (χ1v) is 7.87. The van der Waals surface area contributed by atoms with Gasteiger partial charge in [-0.05, 0) is 18.2 Å². The molecule has 0 aliphatic rings. The second-order valence-electron chi connectivity index (χ2n) is 4.64. The predicted octanol–water partition coefficient (Wildman–Crippen LogP) is 3.37. The van der Waals surface area contributed by atoms with Gasteiger partial charge in [-0.2, -0.15) is 13.2 Å². The second-order valence-corrected chi connectivity index (χ2v) is 6.59. The van der Waals surface area contributed by atoms with Crippen LogP contribution in [0.5, 0.6) is 5.75 Å². The molecular formula is C14H10F3NO5S. The molecule has 0 saturated heterocycles. The summed E-state index contributed by atoms with van der Waals surface area (Å²) < 4.78 is 66.0. The zero-order valence-corrected chi connectivity index (χ0v) is 12.7. The molecule has 0 fully saturated rings. The molecule has 0 aliphatic heterocycles. The van der Waals surface area contributed by atoms with E-state index in [9.17, 15) is 31.7 Å². The molecule has 0 atom stereocenters. The molecule has 10 heteroatoms. The normalized spacial score (nSPS) is 12.0. The van der Waals surface area contributed by atoms with Gasteiger partial charge in [-0.25, -0.2) is 8.42 Å². The fraction of sp³-hybridized carbons (Fsp3) is 0.143. The SMILES string of the molecule is O=[N+]([O-])c1cc(OCC(F)(F)F)cc(S(=O)(=O)c2ccccc2)c1. The standard InChI is InChI=1S/C14H10F3NO5S/c15-14(16,17)9-23-11-6-10(18(19)20)7-13(8-11)24(21,22)12-4-2-1-3-5-12/h1-8H,9H2. The quantitative estimate of drug-likeness (QED) is 0.602. The molecular weight excluding hydrogens is 351 g/mol. The average molecular weight is 361 g/mol. The van der Waals surface area contributed by atoms with Crippen LogP contribution in [0.1, 0.15) is 0 Å². The molecule has 0 aromatic heterocycles. The maximum Gasteiger partial charge on any atom is 0.422 e. The molecule has 0 aliphatic carbocycles. The molecule has 6 nitrogen and oxygen atoms in total. The number of nitro groups is 1. The molecule has 0 heterocycles. The van der Waals surface area contributed by atoms with Gasteiger partial charge in [-0.3, -0.25) is 10.1 Å². The van der Waals surface area contributed by atoms with E-state index >= 15 is 0 Å². The molecule has 2 rings (SSSR count). The Morgan fingerprint density at radius 1 is 1.04 bits per heavy atom. The number of alkyl halides is 3. The van der Waals surface area contributed by atoms with Crippen LogP contribution >= 0.6 is 0 Å². The van der Waals surface area contributed by atoms with Gasteiger partial charge in [-0.1, -0.05) is 18.2 Å². The molecule has 0 radical (unpaired) electrons. The lowest BCUT2D eigenvalue weighted by Crippen LogP contribution is -2.19. The van der Waals surface area contributed by atoms with Crippen molar-refractivity contribution in [2.24, 2.45) is 0 Å². The smallest absolute Gasteiger partial charge is 0.422 e. The minimum atomic E-state index is -4.66. The highest BCUT2D eigenvalue weighted by molar-refractivity contribution is 7.91. The number of nitrogens with zero attached hydrogens (tertiary/aromatic N) is 1. The van der Waals surface area contributed by atoms with Crippen LogP contribution in [-0.2, 0) is 9.84 Å². The van der Waals surface area contributed by atoms with E-state index in [0.717, 1.165) is 18.2 Å². The number of hydrogen-bond donors (Lipinski definition) is 0. The molecule has 2 aromatic rings. The zero-order chi connectivity index (χ0) is 18.0. The Kier molecular flexibility index (Phi) is 4.78. The van der Waals surface area contributed by atoms with Crippen LogP contribution in [0, 0.1) is 10.1 Å². The van der Waals surface area contributed by atoms with Crippen molar-refractivity contribution in [3.05, 3.63) is 58.6 Å². The Morgan fingerprint density at radius 2 is 1.67 bits per heavy atom. The fourth-order valence-corrected chi connectivity index (χ4v) is 3.14. The fourth-order valence-electron chi connectivity index (χ4n) is 1.80. The third-order valence-corrected chi connectivity index (χ3v) is 4.59. The number of rotatable bonds is 5. The van der Waals surface area contributed by atoms with Crippen molar-refractivity contribution in [1.29, 1.82) is 0 Å². The Morgan fingerprint density at radius 3 is 2.21 bits per heavy atom. The van der Waals surface area contributed by atoms with Crippen LogP contribution in [0.4, 0.5) is 18.9 Å². The summed E-state index contributed by atoms with van der Waals surface area (Å²) in [5, 5.41) is 10.9. The van der Waals surface area contributed by atoms with Gasteiger partial charge in [0.15, 0.2) is 6.61 Å². The molecule has 0 N–H and O–H groups in total. The van der Waals surface area contributed by atoms with Gasteiger partial charge in [0.05, 0.1) is 20.8 Å². The summed E-state index contributed by atoms with van der Waals surface area (Å²) in [4.78, 5) is 9.32. The first-order chi connectivity index (χ1) is 11.1. The highest BCUT2D eigenvalue weighted by Gasteiger charge is 2.29. The third kappa shape index (κ3) is 4.22. The number of sulfone groups is 1. The van der Waals surface area contributed by atoms with Crippen molar-refractivity contribution < 1.29 is 31.2 Å². The van der Waals surface area contributed by atoms with Crippen molar-refractivity contribution in [3.8, 4) is 5.75 Å². The van der Waals surface area contributed by atoms with E-state index in [0.29, 0.717) is 0 Å². The van der Waals surface area contributed by atoms with Gasteiger partial charge in [0.25, 0.3) is 5.69 Å². The number of hydrogen-bond acceptors (Lipinski definition) is 5. The Labute approximate surface area is 134 Å². The van der Waals surface area contributed by atoms with Crippen molar-refractivity contribution in [2.75, 3.05) is 6.61 Å². The lowest BCUT2D eigenvalue weighted by molar-refractivity contribution is -0.385. The lowest BCUT2D eigenvalue weighted by atomic mass is 10.3. The predicted molar refractivity (Wildman–Crippen MR) is 76.5 cm³/mol. The van der Waals surface area contributed by atoms with E-state index in [1.807, 2.05) is 0 Å². The lowest BCUT2D eigenvalue weighted by Gasteiger charge is -2.11. The first-order valence-electron chi connectivity index (χ1n) is 6.39. The van der Waals surface area contributed by atoms with Crippen molar-refractivity contribution in [1.82, 2.24) is 0 Å². The van der Waals surface area contributed by atoms with Gasteiger partial charge >= 0.3 is 6.18 Å². The summed E-state index contributed by atoms with van der Waals surface area (Å²) in [7, 11) is -4.14. The van der Waals surface area contributed by atoms with E-state index in [4.69, 9.17) is 0 Å². The monoisotopic (exact) mass is 361 g/mol. The second kappa shape index (κ2) is 6.48. The van der Waals surface area contributed by atoms with Gasteiger partial charge < -0.3 is 4.74 Å². The minimum absolute atomic E-state index is 0.146. The third-order valence-electron chi connectivity index (χ3n) is 2.84. The van der Waals surface area contributed by atoms with E-state index in [-0.39, 0.29) is 4.90 Å². The van der Waals surface area contributed by atoms with Crippen LogP contribution in [-0.4, -0.2) is 26.1 Å². The van der Waals surface area contributed by atoms with Crippen LogP contribution < -0.4 is 4.74 Å². The molecule has 128 valence electrons. The first kappa shape index (κ1) is 17.7. The Hall–Kier alpha value is -2.62. The van der Waals surface area contributed by atoms with Gasteiger partial charge in [0.1, 0.15) is 5.75 Å². The molecule has 2 aromatic carbocycles. The molecule has 0 unspecified atom stereocenters. The summed E-state index contributed by atoms with van der Waals surface area (Å²) in [6, 6.07) is 9.33. The van der Waals surface area contributed by atoms with Crippen LogP contribution in [0.3, 0.4) is 0 Å². The Balaban J connectivity index is 2.50. The zero-order valence-electron chi connectivity index (χ0n) is 11.9. The van der Waals surface area contributed by atoms with Gasteiger partial charge in [0.2, 0.25) is 9.84 Å². The summed E-state index contributed by atoms with van der Waals surface area (Å²) in [5.74, 6) is -0.559. The number of halogens is 3. The number of benzene rings is 2. The molecule has 0 spiro atoms. The molecule has 24 heavy (non-hydrogen) atoms. The summed E-state index contributed by atoms with van der Waals surface area (Å²) >= 11 is 0. The van der Waals surface area contributed by atoms with E-state index < -0.39 is 43.9 Å². The molecule has 0 saturated carbocycles. The number of ether oxygens (including phenoxy) is 1.